The van der Waals surface area contributed by atoms with E-state index < -0.39 is 0 Å². The van der Waals surface area contributed by atoms with Gasteiger partial charge in [0.2, 0.25) is 0 Å². The highest BCUT2D eigenvalue weighted by atomic mass is 15.0. The lowest BCUT2D eigenvalue weighted by molar-refractivity contribution is 0.293. The molecule has 0 radical (unpaired) electrons. The smallest absolute Gasteiger partial charge is 0.0561 e. The molecule has 88 valence electrons. The molecule has 1 unspecified atom stereocenters. The third-order valence-corrected chi connectivity index (χ3v) is 3.64. The Hall–Kier alpha value is -0.860. The van der Waals surface area contributed by atoms with Crippen molar-refractivity contribution in [2.24, 2.45) is 5.73 Å². The maximum atomic E-state index is 6.03. The van der Waals surface area contributed by atoms with Crippen molar-refractivity contribution in [2.45, 2.75) is 38.1 Å². The number of fused-ring (bicyclic) bond motifs is 1. The fourth-order valence-electron chi connectivity index (χ4n) is 2.75. The molecule has 1 aromatic carbocycles. The molecule has 16 heavy (non-hydrogen) atoms. The summed E-state index contributed by atoms with van der Waals surface area (Å²) in [7, 11) is 0. The van der Waals surface area contributed by atoms with E-state index in [2.05, 4.69) is 36.5 Å². The van der Waals surface area contributed by atoms with Crippen LogP contribution < -0.4 is 11.1 Å². The third kappa shape index (κ3) is 2.00. The fourth-order valence-corrected chi connectivity index (χ4v) is 2.75. The van der Waals surface area contributed by atoms with E-state index in [0.717, 1.165) is 13.0 Å². The average molecular weight is 218 g/mol. The standard InChI is InChI=1S/C14H22N2/c1-2-10-16-14(11-15)9-5-7-12-6-3-4-8-13(12)14/h3-4,6,8,16H,2,5,7,9-11,15H2,1H3. The topological polar surface area (TPSA) is 38.0 Å². The SMILES string of the molecule is CCCNC1(CN)CCCc2ccccc21. The summed E-state index contributed by atoms with van der Waals surface area (Å²) in [6.45, 7) is 3.95. The average Bonchev–Trinajstić information content (AvgIpc) is 2.36. The van der Waals surface area contributed by atoms with Crippen molar-refractivity contribution in [3.63, 3.8) is 0 Å². The summed E-state index contributed by atoms with van der Waals surface area (Å²) in [5.74, 6) is 0. The Morgan fingerprint density at radius 1 is 1.38 bits per heavy atom. The van der Waals surface area contributed by atoms with E-state index in [4.69, 9.17) is 5.73 Å². The van der Waals surface area contributed by atoms with Crippen molar-refractivity contribution in [3.8, 4) is 0 Å². The molecule has 2 heteroatoms. The number of nitrogens with two attached hydrogens (primary N) is 1. The Bertz CT molecular complexity index is 348. The predicted molar refractivity (Wildman–Crippen MR) is 68.4 cm³/mol. The Labute approximate surface area is 98.2 Å². The molecule has 0 saturated heterocycles. The van der Waals surface area contributed by atoms with Crippen LogP contribution in [-0.4, -0.2) is 13.1 Å². The molecule has 0 spiro atoms. The highest BCUT2D eigenvalue weighted by Gasteiger charge is 2.34. The first kappa shape index (κ1) is 11.6. The first-order valence-electron chi connectivity index (χ1n) is 6.36. The monoisotopic (exact) mass is 218 g/mol. The predicted octanol–water partition coefficient (Wildman–Crippen LogP) is 2.18. The van der Waals surface area contributed by atoms with Crippen molar-refractivity contribution >= 4 is 0 Å². The van der Waals surface area contributed by atoms with Gasteiger partial charge in [0.15, 0.2) is 0 Å². The zero-order valence-corrected chi connectivity index (χ0v) is 10.1. The zero-order valence-electron chi connectivity index (χ0n) is 10.1. The van der Waals surface area contributed by atoms with Gasteiger partial charge in [0.25, 0.3) is 0 Å². The lowest BCUT2D eigenvalue weighted by Gasteiger charge is -2.39. The van der Waals surface area contributed by atoms with Crippen LogP contribution in [-0.2, 0) is 12.0 Å². The van der Waals surface area contributed by atoms with E-state index in [0.29, 0.717) is 6.54 Å². The van der Waals surface area contributed by atoms with E-state index in [9.17, 15) is 0 Å². The molecule has 2 nitrogen and oxygen atoms in total. The molecule has 0 fully saturated rings. The maximum absolute atomic E-state index is 6.03. The van der Waals surface area contributed by atoms with Crippen LogP contribution in [0.3, 0.4) is 0 Å². The van der Waals surface area contributed by atoms with Crippen molar-refractivity contribution < 1.29 is 0 Å². The van der Waals surface area contributed by atoms with Crippen LogP contribution in [0.2, 0.25) is 0 Å². The quantitative estimate of drug-likeness (QED) is 0.813. The van der Waals surface area contributed by atoms with Gasteiger partial charge in [0, 0.05) is 6.54 Å². The minimum absolute atomic E-state index is 0.0326. The van der Waals surface area contributed by atoms with Gasteiger partial charge in [-0.05, 0) is 43.4 Å². The molecule has 1 atom stereocenters. The molecule has 1 aromatic rings. The lowest BCUT2D eigenvalue weighted by atomic mass is 9.76. The molecule has 2 rings (SSSR count). The second kappa shape index (κ2) is 4.98. The van der Waals surface area contributed by atoms with E-state index in [1.165, 1.54) is 30.4 Å². The van der Waals surface area contributed by atoms with Crippen LogP contribution in [0, 0.1) is 0 Å². The molecule has 0 bridgehead atoms. The molecular weight excluding hydrogens is 196 g/mol. The fraction of sp³-hybridized carbons (Fsp3) is 0.571. The van der Waals surface area contributed by atoms with Gasteiger partial charge in [0.1, 0.15) is 0 Å². The van der Waals surface area contributed by atoms with Gasteiger partial charge in [-0.1, -0.05) is 31.2 Å². The molecule has 0 aliphatic heterocycles. The zero-order chi connectivity index (χ0) is 11.4. The summed E-state index contributed by atoms with van der Waals surface area (Å²) < 4.78 is 0. The summed E-state index contributed by atoms with van der Waals surface area (Å²) in [6, 6.07) is 8.74. The molecule has 0 amide bonds. The molecule has 0 saturated carbocycles. The van der Waals surface area contributed by atoms with Gasteiger partial charge < -0.3 is 11.1 Å². The number of hydrogen-bond acceptors (Lipinski definition) is 2. The summed E-state index contributed by atoms with van der Waals surface area (Å²) in [5.41, 5.74) is 8.97. The van der Waals surface area contributed by atoms with Crippen LogP contribution in [0.4, 0.5) is 0 Å². The van der Waals surface area contributed by atoms with Gasteiger partial charge in [-0.2, -0.15) is 0 Å². The largest absolute Gasteiger partial charge is 0.328 e. The van der Waals surface area contributed by atoms with Crippen molar-refractivity contribution in [1.82, 2.24) is 5.32 Å². The highest BCUT2D eigenvalue weighted by Crippen LogP contribution is 2.34. The van der Waals surface area contributed by atoms with Crippen molar-refractivity contribution in [3.05, 3.63) is 35.4 Å². The van der Waals surface area contributed by atoms with Crippen LogP contribution in [0.5, 0.6) is 0 Å². The van der Waals surface area contributed by atoms with Crippen molar-refractivity contribution in [1.29, 1.82) is 0 Å². The second-order valence-electron chi connectivity index (χ2n) is 4.72. The van der Waals surface area contributed by atoms with Gasteiger partial charge in [-0.25, -0.2) is 0 Å². The van der Waals surface area contributed by atoms with Gasteiger partial charge in [-0.3, -0.25) is 0 Å². The van der Waals surface area contributed by atoms with Gasteiger partial charge in [-0.15, -0.1) is 0 Å². The lowest BCUT2D eigenvalue weighted by Crippen LogP contribution is -2.50. The normalized spacial score (nSPS) is 24.1. The first-order chi connectivity index (χ1) is 7.82. The maximum Gasteiger partial charge on any atom is 0.0561 e. The number of nitrogens with one attached hydrogen (secondary N) is 1. The molecule has 3 N–H and O–H groups in total. The van der Waals surface area contributed by atoms with Gasteiger partial charge in [0.05, 0.1) is 5.54 Å². The number of aryl methyl sites for hydroxylation is 1. The number of benzene rings is 1. The molecule has 1 aliphatic rings. The Balaban J connectivity index is 2.33. The summed E-state index contributed by atoms with van der Waals surface area (Å²) in [5, 5.41) is 3.67. The molecule has 1 aliphatic carbocycles. The minimum atomic E-state index is 0.0326. The Morgan fingerprint density at radius 2 is 2.19 bits per heavy atom. The first-order valence-corrected chi connectivity index (χ1v) is 6.36. The van der Waals surface area contributed by atoms with E-state index >= 15 is 0 Å². The van der Waals surface area contributed by atoms with E-state index in [1.807, 2.05) is 0 Å². The van der Waals surface area contributed by atoms with E-state index in [-0.39, 0.29) is 5.54 Å². The van der Waals surface area contributed by atoms with Crippen molar-refractivity contribution in [2.75, 3.05) is 13.1 Å². The summed E-state index contributed by atoms with van der Waals surface area (Å²) >= 11 is 0. The Kier molecular flexibility index (Phi) is 3.62. The van der Waals surface area contributed by atoms with Crippen LogP contribution >= 0.6 is 0 Å². The summed E-state index contributed by atoms with van der Waals surface area (Å²) in [4.78, 5) is 0. The Morgan fingerprint density at radius 3 is 2.94 bits per heavy atom. The third-order valence-electron chi connectivity index (χ3n) is 3.64. The number of rotatable bonds is 4. The highest BCUT2D eigenvalue weighted by molar-refractivity contribution is 5.36. The van der Waals surface area contributed by atoms with Gasteiger partial charge >= 0.3 is 0 Å². The van der Waals surface area contributed by atoms with Crippen LogP contribution in [0.25, 0.3) is 0 Å². The van der Waals surface area contributed by atoms with E-state index in [1.54, 1.807) is 0 Å². The van der Waals surface area contributed by atoms with Crippen LogP contribution in [0.15, 0.2) is 24.3 Å². The molecule has 0 heterocycles. The molecule has 0 aromatic heterocycles. The summed E-state index contributed by atoms with van der Waals surface area (Å²) in [6.07, 6.45) is 4.76. The number of hydrogen-bond donors (Lipinski definition) is 2. The second-order valence-corrected chi connectivity index (χ2v) is 4.72. The minimum Gasteiger partial charge on any atom is -0.328 e. The van der Waals surface area contributed by atoms with Crippen LogP contribution in [0.1, 0.15) is 37.3 Å². The molecular formula is C14H22N2.